The number of nitrogens with zero attached hydrogens (tertiary/aromatic N) is 1. The van der Waals surface area contributed by atoms with Crippen LogP contribution in [-0.2, 0) is 16.0 Å². The highest BCUT2D eigenvalue weighted by molar-refractivity contribution is 6.30. The molecule has 21 heavy (non-hydrogen) atoms. The maximum atomic E-state index is 12.5. The van der Waals surface area contributed by atoms with Gasteiger partial charge in [-0.3, -0.25) is 9.59 Å². The summed E-state index contributed by atoms with van der Waals surface area (Å²) in [5.41, 5.74) is 0.461. The summed E-state index contributed by atoms with van der Waals surface area (Å²) in [7, 11) is 1.71. The van der Waals surface area contributed by atoms with Crippen molar-refractivity contribution in [2.24, 2.45) is 5.41 Å². The molecule has 1 aromatic carbocycles. The molecule has 0 aromatic heterocycles. The maximum Gasteiger partial charge on any atom is 0.303 e. The van der Waals surface area contributed by atoms with Crippen LogP contribution in [0.3, 0.4) is 0 Å². The number of rotatable bonds is 7. The summed E-state index contributed by atoms with van der Waals surface area (Å²) in [5, 5.41) is 9.29. The first-order valence-electron chi connectivity index (χ1n) is 6.94. The van der Waals surface area contributed by atoms with Gasteiger partial charge < -0.3 is 10.0 Å². The Balaban J connectivity index is 2.63. The van der Waals surface area contributed by atoms with E-state index in [0.29, 0.717) is 24.4 Å². The lowest BCUT2D eigenvalue weighted by atomic mass is 9.84. The van der Waals surface area contributed by atoms with Gasteiger partial charge in [0, 0.05) is 30.5 Å². The second-order valence-corrected chi connectivity index (χ2v) is 6.35. The highest BCUT2D eigenvalue weighted by atomic mass is 35.5. The lowest BCUT2D eigenvalue weighted by molar-refractivity contribution is -0.140. The number of carboxylic acids is 1. The van der Waals surface area contributed by atoms with Crippen LogP contribution in [-0.4, -0.2) is 35.5 Å². The molecule has 1 amide bonds. The van der Waals surface area contributed by atoms with E-state index in [-0.39, 0.29) is 12.3 Å². The Hall–Kier alpha value is -1.55. The number of halogens is 1. The molecule has 0 fully saturated rings. The summed E-state index contributed by atoms with van der Waals surface area (Å²) in [6, 6.07) is 7.49. The van der Waals surface area contributed by atoms with Crippen LogP contribution >= 0.6 is 11.6 Å². The molecular weight excluding hydrogens is 290 g/mol. The van der Waals surface area contributed by atoms with Gasteiger partial charge in [-0.15, -0.1) is 0 Å². The van der Waals surface area contributed by atoms with Crippen LogP contribution in [0.1, 0.15) is 32.3 Å². The molecule has 1 rings (SSSR count). The predicted molar refractivity (Wildman–Crippen MR) is 83.4 cm³/mol. The first kappa shape index (κ1) is 17.5. The third kappa shape index (κ3) is 5.76. The zero-order valence-corrected chi connectivity index (χ0v) is 13.5. The summed E-state index contributed by atoms with van der Waals surface area (Å²) >= 11 is 5.96. The van der Waals surface area contributed by atoms with E-state index in [1.807, 2.05) is 32.0 Å². The monoisotopic (exact) mass is 311 g/mol. The van der Waals surface area contributed by atoms with Gasteiger partial charge in [0.25, 0.3) is 0 Å². The molecule has 1 aromatic rings. The van der Waals surface area contributed by atoms with E-state index in [9.17, 15) is 9.59 Å². The van der Waals surface area contributed by atoms with Crippen molar-refractivity contribution >= 4 is 23.5 Å². The molecule has 0 radical (unpaired) electrons. The van der Waals surface area contributed by atoms with Crippen molar-refractivity contribution in [1.29, 1.82) is 0 Å². The number of carbonyl (C=O) groups excluding carboxylic acids is 1. The van der Waals surface area contributed by atoms with E-state index in [0.717, 1.165) is 5.56 Å². The van der Waals surface area contributed by atoms with Gasteiger partial charge in [-0.25, -0.2) is 0 Å². The number of carboxylic acid groups (broad SMARTS) is 1. The van der Waals surface area contributed by atoms with Crippen LogP contribution in [0.5, 0.6) is 0 Å². The third-order valence-corrected chi connectivity index (χ3v) is 3.58. The van der Waals surface area contributed by atoms with Crippen molar-refractivity contribution in [3.63, 3.8) is 0 Å². The van der Waals surface area contributed by atoms with Gasteiger partial charge in [0.05, 0.1) is 0 Å². The van der Waals surface area contributed by atoms with E-state index < -0.39 is 11.4 Å². The largest absolute Gasteiger partial charge is 0.481 e. The van der Waals surface area contributed by atoms with Crippen LogP contribution in [0.15, 0.2) is 24.3 Å². The van der Waals surface area contributed by atoms with Crippen molar-refractivity contribution in [2.45, 2.75) is 33.1 Å². The van der Waals surface area contributed by atoms with Crippen LogP contribution in [0.2, 0.25) is 5.02 Å². The van der Waals surface area contributed by atoms with Crippen molar-refractivity contribution in [3.05, 3.63) is 34.9 Å². The average molecular weight is 312 g/mol. The van der Waals surface area contributed by atoms with Crippen molar-refractivity contribution in [1.82, 2.24) is 4.90 Å². The smallest absolute Gasteiger partial charge is 0.303 e. The number of benzene rings is 1. The van der Waals surface area contributed by atoms with Crippen LogP contribution in [0, 0.1) is 5.41 Å². The average Bonchev–Trinajstić information content (AvgIpc) is 2.36. The van der Waals surface area contributed by atoms with Crippen LogP contribution < -0.4 is 0 Å². The Kier molecular flexibility index (Phi) is 6.21. The molecule has 0 saturated carbocycles. The van der Waals surface area contributed by atoms with E-state index in [2.05, 4.69) is 0 Å². The number of amides is 1. The molecule has 5 heteroatoms. The first-order valence-corrected chi connectivity index (χ1v) is 7.32. The Morgan fingerprint density at radius 1 is 1.33 bits per heavy atom. The topological polar surface area (TPSA) is 57.6 Å². The zero-order chi connectivity index (χ0) is 16.0. The van der Waals surface area contributed by atoms with E-state index in [1.165, 1.54) is 0 Å². The summed E-state index contributed by atoms with van der Waals surface area (Å²) in [5.74, 6) is -0.832. The molecule has 0 aliphatic rings. The molecule has 0 bridgehead atoms. The fourth-order valence-electron chi connectivity index (χ4n) is 2.32. The Labute approximate surface area is 130 Å². The second-order valence-electron chi connectivity index (χ2n) is 5.91. The molecule has 0 spiro atoms. The van der Waals surface area contributed by atoms with Gasteiger partial charge >= 0.3 is 5.97 Å². The molecule has 0 aliphatic heterocycles. The number of hydrogen-bond acceptors (Lipinski definition) is 2. The third-order valence-electron chi connectivity index (χ3n) is 3.34. The number of aliphatic carboxylic acids is 1. The number of carbonyl (C=O) groups is 2. The quantitative estimate of drug-likeness (QED) is 0.841. The highest BCUT2D eigenvalue weighted by Gasteiger charge is 2.30. The molecule has 0 heterocycles. The van der Waals surface area contributed by atoms with Gasteiger partial charge in [0.1, 0.15) is 0 Å². The van der Waals surface area contributed by atoms with E-state index >= 15 is 0 Å². The van der Waals surface area contributed by atoms with Gasteiger partial charge in [-0.2, -0.15) is 0 Å². The molecule has 4 nitrogen and oxygen atoms in total. The fraction of sp³-hybridized carbons (Fsp3) is 0.500. The lowest BCUT2D eigenvalue weighted by Crippen LogP contribution is -2.40. The summed E-state index contributed by atoms with van der Waals surface area (Å²) < 4.78 is 0. The standard InChI is InChI=1S/C16H22ClNO3/c1-16(2,11-12-6-4-7-13(17)10-12)15(21)18(3)9-5-8-14(19)20/h4,6-7,10H,5,8-9,11H2,1-3H3,(H,19,20). The number of hydrogen-bond donors (Lipinski definition) is 1. The Morgan fingerprint density at radius 2 is 2.00 bits per heavy atom. The van der Waals surface area contributed by atoms with Gasteiger partial charge in [0.15, 0.2) is 0 Å². The molecule has 0 atom stereocenters. The zero-order valence-electron chi connectivity index (χ0n) is 12.7. The van der Waals surface area contributed by atoms with Crippen molar-refractivity contribution in [3.8, 4) is 0 Å². The summed E-state index contributed by atoms with van der Waals surface area (Å²) in [6.45, 7) is 4.23. The Bertz CT molecular complexity index is 514. The minimum atomic E-state index is -0.839. The lowest BCUT2D eigenvalue weighted by Gasteiger charge is -2.29. The van der Waals surface area contributed by atoms with Crippen LogP contribution in [0.25, 0.3) is 0 Å². The molecule has 1 N–H and O–H groups in total. The van der Waals surface area contributed by atoms with E-state index in [4.69, 9.17) is 16.7 Å². The Morgan fingerprint density at radius 3 is 2.57 bits per heavy atom. The van der Waals surface area contributed by atoms with E-state index in [1.54, 1.807) is 18.0 Å². The minimum absolute atomic E-state index is 0.00728. The second kappa shape index (κ2) is 7.46. The van der Waals surface area contributed by atoms with Crippen LogP contribution in [0.4, 0.5) is 0 Å². The normalized spacial score (nSPS) is 11.2. The SMILES string of the molecule is CN(CCCC(=O)O)C(=O)C(C)(C)Cc1cccc(Cl)c1. The molecule has 116 valence electrons. The summed E-state index contributed by atoms with van der Waals surface area (Å²) in [4.78, 5) is 24.6. The fourth-order valence-corrected chi connectivity index (χ4v) is 2.53. The molecule has 0 saturated heterocycles. The van der Waals surface area contributed by atoms with Crippen molar-refractivity contribution < 1.29 is 14.7 Å². The first-order chi connectivity index (χ1) is 9.72. The minimum Gasteiger partial charge on any atom is -0.481 e. The predicted octanol–water partition coefficient (Wildman–Crippen LogP) is 3.23. The highest BCUT2D eigenvalue weighted by Crippen LogP contribution is 2.25. The van der Waals surface area contributed by atoms with Gasteiger partial charge in [-0.1, -0.05) is 37.6 Å². The summed E-state index contributed by atoms with van der Waals surface area (Å²) in [6.07, 6.45) is 1.13. The van der Waals surface area contributed by atoms with Crippen molar-refractivity contribution in [2.75, 3.05) is 13.6 Å². The maximum absolute atomic E-state index is 12.5. The molecule has 0 aliphatic carbocycles. The molecular formula is C16H22ClNO3. The molecule has 0 unspecified atom stereocenters. The van der Waals surface area contributed by atoms with Gasteiger partial charge in [0.2, 0.25) is 5.91 Å². The van der Waals surface area contributed by atoms with Gasteiger partial charge in [-0.05, 0) is 30.5 Å².